The standard InChI is InChI=1S/C13H18N4S/c1-13(2,3)11-16-12(18-17-11)15-8-6-10-5-4-7-14-9-10/h4-5,7,9H,6,8H2,1-3H3,(H,15,16,17). The molecule has 0 bridgehead atoms. The fraction of sp³-hybridized carbons (Fsp3) is 0.462. The number of nitrogens with one attached hydrogen (secondary N) is 1. The average molecular weight is 262 g/mol. The number of hydrogen-bond acceptors (Lipinski definition) is 5. The molecule has 0 aromatic carbocycles. The lowest BCUT2D eigenvalue weighted by Gasteiger charge is -2.12. The van der Waals surface area contributed by atoms with Gasteiger partial charge >= 0.3 is 0 Å². The van der Waals surface area contributed by atoms with Crippen molar-refractivity contribution in [1.29, 1.82) is 0 Å². The minimum Gasteiger partial charge on any atom is -0.360 e. The van der Waals surface area contributed by atoms with Gasteiger partial charge < -0.3 is 5.32 Å². The molecule has 1 N–H and O–H groups in total. The van der Waals surface area contributed by atoms with Gasteiger partial charge in [-0.2, -0.15) is 4.37 Å². The number of hydrogen-bond donors (Lipinski definition) is 1. The first-order valence-electron chi connectivity index (χ1n) is 6.03. The Morgan fingerprint density at radius 1 is 1.33 bits per heavy atom. The maximum Gasteiger partial charge on any atom is 0.202 e. The minimum atomic E-state index is 0.0137. The van der Waals surface area contributed by atoms with Crippen molar-refractivity contribution >= 4 is 16.7 Å². The molecule has 5 heteroatoms. The van der Waals surface area contributed by atoms with E-state index in [1.807, 2.05) is 12.3 Å². The molecule has 0 fully saturated rings. The highest BCUT2D eigenvalue weighted by molar-refractivity contribution is 7.09. The van der Waals surface area contributed by atoms with Gasteiger partial charge in [-0.05, 0) is 18.1 Å². The zero-order valence-corrected chi connectivity index (χ0v) is 11.8. The van der Waals surface area contributed by atoms with Crippen molar-refractivity contribution < 1.29 is 0 Å². The van der Waals surface area contributed by atoms with Crippen molar-refractivity contribution in [1.82, 2.24) is 14.3 Å². The molecule has 0 amide bonds. The highest BCUT2D eigenvalue weighted by Gasteiger charge is 2.19. The molecule has 2 rings (SSSR count). The lowest BCUT2D eigenvalue weighted by molar-refractivity contribution is 0.555. The molecule has 96 valence electrons. The molecule has 2 aromatic rings. The Morgan fingerprint density at radius 2 is 2.17 bits per heavy atom. The summed E-state index contributed by atoms with van der Waals surface area (Å²) in [5, 5.41) is 4.20. The van der Waals surface area contributed by atoms with Crippen LogP contribution in [0.3, 0.4) is 0 Å². The molecule has 0 aliphatic rings. The minimum absolute atomic E-state index is 0.0137. The van der Waals surface area contributed by atoms with Crippen LogP contribution in [0.4, 0.5) is 5.13 Å². The fourth-order valence-electron chi connectivity index (χ4n) is 1.46. The topological polar surface area (TPSA) is 50.7 Å². The molecule has 0 atom stereocenters. The lowest BCUT2D eigenvalue weighted by atomic mass is 9.96. The summed E-state index contributed by atoms with van der Waals surface area (Å²) in [5.74, 6) is 0.899. The van der Waals surface area contributed by atoms with Gasteiger partial charge in [0.25, 0.3) is 0 Å². The number of rotatable bonds is 4. The molecule has 4 nitrogen and oxygen atoms in total. The molecular weight excluding hydrogens is 244 g/mol. The Bertz CT molecular complexity index is 487. The summed E-state index contributed by atoms with van der Waals surface area (Å²) in [6.07, 6.45) is 4.62. The maximum absolute atomic E-state index is 4.49. The normalized spacial score (nSPS) is 11.5. The summed E-state index contributed by atoms with van der Waals surface area (Å²) in [5.41, 5.74) is 1.24. The van der Waals surface area contributed by atoms with Crippen LogP contribution in [0.2, 0.25) is 0 Å². The summed E-state index contributed by atoms with van der Waals surface area (Å²) < 4.78 is 4.37. The zero-order chi connectivity index (χ0) is 13.0. The van der Waals surface area contributed by atoms with Gasteiger partial charge in [0.1, 0.15) is 5.82 Å². The molecule has 18 heavy (non-hydrogen) atoms. The van der Waals surface area contributed by atoms with Crippen molar-refractivity contribution in [3.05, 3.63) is 35.9 Å². The van der Waals surface area contributed by atoms with Crippen LogP contribution in [-0.2, 0) is 11.8 Å². The van der Waals surface area contributed by atoms with Crippen molar-refractivity contribution in [2.24, 2.45) is 0 Å². The predicted octanol–water partition coefficient (Wildman–Crippen LogP) is 2.89. The van der Waals surface area contributed by atoms with Gasteiger partial charge in [0.15, 0.2) is 0 Å². The van der Waals surface area contributed by atoms with E-state index < -0.39 is 0 Å². The van der Waals surface area contributed by atoms with Gasteiger partial charge in [0, 0.05) is 35.9 Å². The summed E-state index contributed by atoms with van der Waals surface area (Å²) in [7, 11) is 0. The smallest absolute Gasteiger partial charge is 0.202 e. The highest BCUT2D eigenvalue weighted by Crippen LogP contribution is 2.22. The molecule has 0 saturated heterocycles. The summed E-state index contributed by atoms with van der Waals surface area (Å²) in [6.45, 7) is 7.21. The second kappa shape index (κ2) is 5.44. The van der Waals surface area contributed by atoms with Crippen LogP contribution < -0.4 is 5.32 Å². The third kappa shape index (κ3) is 3.50. The van der Waals surface area contributed by atoms with E-state index in [2.05, 4.69) is 46.5 Å². The van der Waals surface area contributed by atoms with Gasteiger partial charge in [0.2, 0.25) is 5.13 Å². The van der Waals surface area contributed by atoms with Crippen molar-refractivity contribution in [3.8, 4) is 0 Å². The monoisotopic (exact) mass is 262 g/mol. The van der Waals surface area contributed by atoms with Crippen LogP contribution in [0.5, 0.6) is 0 Å². The van der Waals surface area contributed by atoms with Crippen molar-refractivity contribution in [2.75, 3.05) is 11.9 Å². The van der Waals surface area contributed by atoms with Gasteiger partial charge in [-0.25, -0.2) is 4.98 Å². The first kappa shape index (κ1) is 13.0. The highest BCUT2D eigenvalue weighted by atomic mass is 32.1. The van der Waals surface area contributed by atoms with Gasteiger partial charge in [-0.3, -0.25) is 4.98 Å². The Hall–Kier alpha value is -1.49. The fourth-order valence-corrected chi connectivity index (χ4v) is 2.24. The maximum atomic E-state index is 4.49. The Kier molecular flexibility index (Phi) is 3.91. The van der Waals surface area contributed by atoms with Crippen molar-refractivity contribution in [3.63, 3.8) is 0 Å². The Morgan fingerprint density at radius 3 is 2.78 bits per heavy atom. The average Bonchev–Trinajstić information content (AvgIpc) is 2.79. The molecule has 0 radical (unpaired) electrons. The van der Waals surface area contributed by atoms with Crippen LogP contribution >= 0.6 is 11.5 Å². The van der Waals surface area contributed by atoms with Crippen molar-refractivity contribution in [2.45, 2.75) is 32.6 Å². The van der Waals surface area contributed by atoms with E-state index in [0.29, 0.717) is 0 Å². The first-order valence-corrected chi connectivity index (χ1v) is 6.80. The summed E-state index contributed by atoms with van der Waals surface area (Å²) in [4.78, 5) is 8.59. The third-order valence-corrected chi connectivity index (χ3v) is 3.18. The van der Waals surface area contributed by atoms with Gasteiger partial charge in [0.05, 0.1) is 0 Å². The number of nitrogens with zero attached hydrogens (tertiary/aromatic N) is 3. The summed E-state index contributed by atoms with van der Waals surface area (Å²) in [6, 6.07) is 4.04. The van der Waals surface area contributed by atoms with Crippen LogP contribution in [0.1, 0.15) is 32.2 Å². The van der Waals surface area contributed by atoms with E-state index in [-0.39, 0.29) is 5.41 Å². The number of pyridine rings is 1. The molecule has 0 aliphatic carbocycles. The second-order valence-electron chi connectivity index (χ2n) is 5.21. The predicted molar refractivity (Wildman–Crippen MR) is 75.0 cm³/mol. The van der Waals surface area contributed by atoms with Crippen LogP contribution in [-0.4, -0.2) is 20.9 Å². The molecule has 0 unspecified atom stereocenters. The molecule has 0 spiro atoms. The SMILES string of the molecule is CC(C)(C)c1nsc(NCCc2cccnc2)n1. The molecule has 2 heterocycles. The van der Waals surface area contributed by atoms with Crippen LogP contribution in [0, 0.1) is 0 Å². The van der Waals surface area contributed by atoms with E-state index >= 15 is 0 Å². The van der Waals surface area contributed by atoms with E-state index in [4.69, 9.17) is 0 Å². The van der Waals surface area contributed by atoms with E-state index in [9.17, 15) is 0 Å². The van der Waals surface area contributed by atoms with Crippen LogP contribution in [0.15, 0.2) is 24.5 Å². The van der Waals surface area contributed by atoms with E-state index in [1.165, 1.54) is 17.1 Å². The first-order chi connectivity index (χ1) is 8.55. The molecule has 2 aromatic heterocycles. The van der Waals surface area contributed by atoms with E-state index in [0.717, 1.165) is 23.9 Å². The van der Waals surface area contributed by atoms with Gasteiger partial charge in [-0.15, -0.1) is 0 Å². The number of aromatic nitrogens is 3. The van der Waals surface area contributed by atoms with Gasteiger partial charge in [-0.1, -0.05) is 26.8 Å². The number of anilines is 1. The molecule has 0 saturated carbocycles. The van der Waals surface area contributed by atoms with E-state index in [1.54, 1.807) is 6.20 Å². The van der Waals surface area contributed by atoms with Crippen LogP contribution in [0.25, 0.3) is 0 Å². The Labute approximate surface area is 112 Å². The second-order valence-corrected chi connectivity index (χ2v) is 5.96. The Balaban J connectivity index is 1.86. The molecule has 0 aliphatic heterocycles. The third-order valence-electron chi connectivity index (χ3n) is 2.51. The summed E-state index contributed by atoms with van der Waals surface area (Å²) >= 11 is 1.42. The lowest BCUT2D eigenvalue weighted by Crippen LogP contribution is -2.13. The largest absolute Gasteiger partial charge is 0.360 e. The molecular formula is C13H18N4S. The quantitative estimate of drug-likeness (QED) is 0.920. The zero-order valence-electron chi connectivity index (χ0n) is 11.0.